The van der Waals surface area contributed by atoms with Gasteiger partial charge in [-0.1, -0.05) is 30.7 Å². The van der Waals surface area contributed by atoms with Crippen molar-refractivity contribution in [2.75, 3.05) is 13.1 Å². The summed E-state index contributed by atoms with van der Waals surface area (Å²) in [7, 11) is 0. The third-order valence-corrected chi connectivity index (χ3v) is 4.13. The lowest BCUT2D eigenvalue weighted by atomic mass is 9.93. The van der Waals surface area contributed by atoms with Crippen LogP contribution in [0.25, 0.3) is 0 Å². The fourth-order valence-corrected chi connectivity index (χ4v) is 3.04. The van der Waals surface area contributed by atoms with Gasteiger partial charge in [-0.25, -0.2) is 0 Å². The predicted octanol–water partition coefficient (Wildman–Crippen LogP) is 3.46. The number of rotatable bonds is 3. The molecule has 100 valence electrons. The summed E-state index contributed by atoms with van der Waals surface area (Å²) in [5, 5.41) is 0.795. The van der Waals surface area contributed by atoms with Crippen LogP contribution in [0, 0.1) is 5.92 Å². The molecule has 0 aromatic heterocycles. The molecule has 1 saturated heterocycles. The van der Waals surface area contributed by atoms with Gasteiger partial charge >= 0.3 is 0 Å². The fourth-order valence-electron chi connectivity index (χ4n) is 2.84. The maximum atomic E-state index is 6.20. The van der Waals surface area contributed by atoms with Crippen LogP contribution in [-0.2, 0) is 0 Å². The van der Waals surface area contributed by atoms with Crippen LogP contribution < -0.4 is 5.73 Å². The van der Waals surface area contributed by atoms with Crippen LogP contribution in [-0.4, -0.2) is 24.0 Å². The molecule has 0 aliphatic carbocycles. The monoisotopic (exact) mass is 266 g/mol. The molecule has 0 saturated carbocycles. The lowest BCUT2D eigenvalue weighted by Crippen LogP contribution is -2.43. The number of piperidine rings is 1. The highest BCUT2D eigenvalue weighted by Crippen LogP contribution is 2.29. The molecule has 0 radical (unpaired) electrons. The summed E-state index contributed by atoms with van der Waals surface area (Å²) in [5.74, 6) is 0.842. The van der Waals surface area contributed by atoms with E-state index in [2.05, 4.69) is 24.8 Å². The Morgan fingerprint density at radius 2 is 2.00 bits per heavy atom. The molecular weight excluding hydrogens is 244 g/mol. The minimum Gasteiger partial charge on any atom is -0.326 e. The topological polar surface area (TPSA) is 29.3 Å². The summed E-state index contributed by atoms with van der Waals surface area (Å²) in [6.45, 7) is 6.70. The lowest BCUT2D eigenvalue weighted by molar-refractivity contribution is 0.124. The molecule has 0 bridgehead atoms. The highest BCUT2D eigenvalue weighted by Gasteiger charge is 2.27. The summed E-state index contributed by atoms with van der Waals surface area (Å²) >= 11 is 6.10. The molecular formula is C15H23ClN2. The van der Waals surface area contributed by atoms with Gasteiger partial charge in [-0.05, 0) is 56.5 Å². The summed E-state index contributed by atoms with van der Waals surface area (Å²) in [5.41, 5.74) is 7.44. The van der Waals surface area contributed by atoms with Crippen LogP contribution in [0.5, 0.6) is 0 Å². The number of hydrogen-bond acceptors (Lipinski definition) is 2. The number of likely N-dealkylation sites (tertiary alicyclic amines) is 1. The first kappa shape index (κ1) is 13.9. The van der Waals surface area contributed by atoms with Crippen molar-refractivity contribution >= 4 is 11.6 Å². The van der Waals surface area contributed by atoms with Crippen LogP contribution in [0.4, 0.5) is 0 Å². The van der Waals surface area contributed by atoms with Gasteiger partial charge in [-0.2, -0.15) is 0 Å². The second-order valence-electron chi connectivity index (χ2n) is 5.58. The quantitative estimate of drug-likeness (QED) is 0.908. The van der Waals surface area contributed by atoms with Crippen LogP contribution in [0.2, 0.25) is 5.02 Å². The van der Waals surface area contributed by atoms with E-state index in [1.807, 2.05) is 18.2 Å². The van der Waals surface area contributed by atoms with Crippen molar-refractivity contribution in [3.63, 3.8) is 0 Å². The highest BCUT2D eigenvalue weighted by atomic mass is 35.5. The first-order chi connectivity index (χ1) is 8.58. The van der Waals surface area contributed by atoms with Crippen LogP contribution in [0.15, 0.2) is 24.3 Å². The van der Waals surface area contributed by atoms with E-state index < -0.39 is 0 Å². The Morgan fingerprint density at radius 3 is 2.56 bits per heavy atom. The maximum absolute atomic E-state index is 6.20. The van der Waals surface area contributed by atoms with E-state index >= 15 is 0 Å². The predicted molar refractivity (Wildman–Crippen MR) is 77.8 cm³/mol. The number of halogens is 1. The maximum Gasteiger partial charge on any atom is 0.0496 e. The SMILES string of the molecule is CC1CCN(C(c2cccc(Cl)c2)C(C)N)CC1. The molecule has 2 unspecified atom stereocenters. The molecule has 1 aromatic rings. The second kappa shape index (κ2) is 6.05. The third-order valence-electron chi connectivity index (χ3n) is 3.90. The van der Waals surface area contributed by atoms with E-state index in [9.17, 15) is 0 Å². The molecule has 18 heavy (non-hydrogen) atoms. The van der Waals surface area contributed by atoms with Crippen molar-refractivity contribution in [2.45, 2.75) is 38.8 Å². The Balaban J connectivity index is 2.18. The largest absolute Gasteiger partial charge is 0.326 e. The van der Waals surface area contributed by atoms with E-state index in [1.165, 1.54) is 18.4 Å². The van der Waals surface area contributed by atoms with E-state index in [0.717, 1.165) is 24.0 Å². The van der Waals surface area contributed by atoms with Crippen LogP contribution in [0.3, 0.4) is 0 Å². The lowest BCUT2D eigenvalue weighted by Gasteiger charge is -2.39. The van der Waals surface area contributed by atoms with E-state index in [0.29, 0.717) is 0 Å². The molecule has 0 spiro atoms. The Morgan fingerprint density at radius 1 is 1.33 bits per heavy atom. The minimum atomic E-state index is 0.122. The first-order valence-electron chi connectivity index (χ1n) is 6.83. The standard InChI is InChI=1S/C15H23ClN2/c1-11-6-8-18(9-7-11)15(12(2)17)13-4-3-5-14(16)10-13/h3-5,10-12,15H,6-9,17H2,1-2H3. The molecule has 0 amide bonds. The van der Waals surface area contributed by atoms with Gasteiger partial charge in [-0.3, -0.25) is 4.90 Å². The zero-order valence-electron chi connectivity index (χ0n) is 11.3. The summed E-state index contributed by atoms with van der Waals surface area (Å²) in [4.78, 5) is 2.51. The number of benzene rings is 1. The Labute approximate surface area is 115 Å². The average Bonchev–Trinajstić information content (AvgIpc) is 2.32. The van der Waals surface area contributed by atoms with E-state index in [1.54, 1.807) is 0 Å². The van der Waals surface area contributed by atoms with E-state index in [-0.39, 0.29) is 12.1 Å². The normalized spacial score (nSPS) is 21.8. The molecule has 2 rings (SSSR count). The van der Waals surface area contributed by atoms with Crippen LogP contribution in [0.1, 0.15) is 38.3 Å². The Kier molecular flexibility index (Phi) is 4.66. The minimum absolute atomic E-state index is 0.122. The van der Waals surface area contributed by atoms with Crippen molar-refractivity contribution in [1.29, 1.82) is 0 Å². The van der Waals surface area contributed by atoms with Gasteiger partial charge in [-0.15, -0.1) is 0 Å². The first-order valence-corrected chi connectivity index (χ1v) is 7.21. The van der Waals surface area contributed by atoms with Crippen molar-refractivity contribution < 1.29 is 0 Å². The van der Waals surface area contributed by atoms with Gasteiger partial charge in [0.05, 0.1) is 0 Å². The molecule has 2 nitrogen and oxygen atoms in total. The molecule has 3 heteroatoms. The van der Waals surface area contributed by atoms with E-state index in [4.69, 9.17) is 17.3 Å². The summed E-state index contributed by atoms with van der Waals surface area (Å²) in [6.07, 6.45) is 2.54. The zero-order chi connectivity index (χ0) is 13.1. The fraction of sp³-hybridized carbons (Fsp3) is 0.600. The molecule has 2 atom stereocenters. The van der Waals surface area contributed by atoms with Gasteiger partial charge in [0, 0.05) is 17.1 Å². The Bertz CT molecular complexity index is 384. The van der Waals surface area contributed by atoms with Gasteiger partial charge in [0.15, 0.2) is 0 Å². The van der Waals surface area contributed by atoms with Crippen molar-refractivity contribution in [2.24, 2.45) is 11.7 Å². The summed E-state index contributed by atoms with van der Waals surface area (Å²) in [6, 6.07) is 8.53. The smallest absolute Gasteiger partial charge is 0.0496 e. The highest BCUT2D eigenvalue weighted by molar-refractivity contribution is 6.30. The molecule has 1 aliphatic heterocycles. The van der Waals surface area contributed by atoms with Gasteiger partial charge in [0.25, 0.3) is 0 Å². The number of nitrogens with two attached hydrogens (primary N) is 1. The van der Waals surface area contributed by atoms with Gasteiger partial charge in [0.1, 0.15) is 0 Å². The number of nitrogens with zero attached hydrogens (tertiary/aromatic N) is 1. The average molecular weight is 267 g/mol. The zero-order valence-corrected chi connectivity index (χ0v) is 12.0. The van der Waals surface area contributed by atoms with Gasteiger partial charge in [0.2, 0.25) is 0 Å². The number of hydrogen-bond donors (Lipinski definition) is 1. The molecule has 1 heterocycles. The van der Waals surface area contributed by atoms with Crippen molar-refractivity contribution in [3.05, 3.63) is 34.9 Å². The van der Waals surface area contributed by atoms with Crippen molar-refractivity contribution in [1.82, 2.24) is 4.90 Å². The van der Waals surface area contributed by atoms with Gasteiger partial charge < -0.3 is 5.73 Å². The molecule has 1 aliphatic rings. The second-order valence-corrected chi connectivity index (χ2v) is 6.01. The molecule has 2 N–H and O–H groups in total. The Hall–Kier alpha value is -0.570. The summed E-state index contributed by atoms with van der Waals surface area (Å²) < 4.78 is 0. The molecule has 1 fully saturated rings. The van der Waals surface area contributed by atoms with Crippen molar-refractivity contribution in [3.8, 4) is 0 Å². The third kappa shape index (κ3) is 3.25. The molecule has 1 aromatic carbocycles. The van der Waals surface area contributed by atoms with Crippen LogP contribution >= 0.6 is 11.6 Å².